The van der Waals surface area contributed by atoms with Crippen LogP contribution in [0.5, 0.6) is 0 Å². The Balaban J connectivity index is 2.86. The molecule has 0 unspecified atom stereocenters. The summed E-state index contributed by atoms with van der Waals surface area (Å²) in [5.74, 6) is 1.37. The van der Waals surface area contributed by atoms with Crippen LogP contribution >= 0.6 is 36.6 Å². The molecule has 1 N–H and O–H groups in total. The molecule has 2 nitrogen and oxygen atoms in total. The number of halogens is 3. The maximum Gasteiger partial charge on any atom is 0.431 e. The number of alkyl halides is 3. The third-order valence-corrected chi connectivity index (χ3v) is 3.09. The van der Waals surface area contributed by atoms with Crippen molar-refractivity contribution >= 4 is 36.6 Å². The van der Waals surface area contributed by atoms with Crippen LogP contribution < -0.4 is 0 Å². The molecule has 0 aliphatic heterocycles. The fourth-order valence-electron chi connectivity index (χ4n) is 0.903. The second kappa shape index (κ2) is 5.92. The molecule has 8 heteroatoms. The summed E-state index contributed by atoms with van der Waals surface area (Å²) >= 11 is 9.90. The molecule has 0 aliphatic carbocycles. The van der Waals surface area contributed by atoms with Crippen LogP contribution in [-0.4, -0.2) is 21.5 Å². The molecular formula is C8H9F3N2S3. The van der Waals surface area contributed by atoms with E-state index >= 15 is 0 Å². The number of aromatic amines is 1. The van der Waals surface area contributed by atoms with Crippen molar-refractivity contribution in [3.05, 3.63) is 16.5 Å². The first-order valence-electron chi connectivity index (χ1n) is 4.35. The topological polar surface area (TPSA) is 28.7 Å². The molecule has 0 amide bonds. The second-order valence-corrected chi connectivity index (χ2v) is 4.81. The molecule has 0 spiro atoms. The lowest BCUT2D eigenvalue weighted by Crippen LogP contribution is -2.09. The van der Waals surface area contributed by atoms with Crippen molar-refractivity contribution < 1.29 is 13.2 Å². The average Bonchev–Trinajstić information content (AvgIpc) is 2.16. The van der Waals surface area contributed by atoms with Crippen LogP contribution in [0.3, 0.4) is 0 Å². The maximum absolute atomic E-state index is 12.4. The number of nitrogens with zero attached hydrogens (tertiary/aromatic N) is 1. The molecule has 1 heterocycles. The fraction of sp³-hybridized carbons (Fsp3) is 0.500. The first kappa shape index (κ1) is 13.9. The first-order valence-corrected chi connectivity index (χ1v) is 6.38. The lowest BCUT2D eigenvalue weighted by atomic mass is 10.4. The highest BCUT2D eigenvalue weighted by molar-refractivity contribution is 7.99. The van der Waals surface area contributed by atoms with Gasteiger partial charge in [0, 0.05) is 5.75 Å². The van der Waals surface area contributed by atoms with Gasteiger partial charge in [-0.15, -0.1) is 11.8 Å². The minimum atomic E-state index is -4.42. The Morgan fingerprint density at radius 2 is 2.19 bits per heavy atom. The lowest BCUT2D eigenvalue weighted by Gasteiger charge is -2.07. The third-order valence-electron chi connectivity index (χ3n) is 1.58. The summed E-state index contributed by atoms with van der Waals surface area (Å²) in [6.07, 6.45) is -3.61. The molecule has 1 aromatic rings. The Hall–Kier alpha value is -0.210. The highest BCUT2D eigenvalue weighted by Gasteiger charge is 2.32. The molecule has 0 saturated carbocycles. The van der Waals surface area contributed by atoms with Crippen LogP contribution in [0.4, 0.5) is 13.2 Å². The van der Waals surface area contributed by atoms with Gasteiger partial charge < -0.3 is 4.98 Å². The van der Waals surface area contributed by atoms with E-state index in [9.17, 15) is 13.2 Å². The summed E-state index contributed by atoms with van der Waals surface area (Å²) in [6.45, 7) is 0. The smallest absolute Gasteiger partial charge is 0.327 e. The SMILES string of the molecule is FC(F)(F)c1cc(SCCCS)nc(=S)[nH]1. The molecule has 1 aromatic heterocycles. The second-order valence-electron chi connectivity index (χ2n) is 2.86. The zero-order valence-corrected chi connectivity index (χ0v) is 10.6. The van der Waals surface area contributed by atoms with E-state index in [4.69, 9.17) is 0 Å². The van der Waals surface area contributed by atoms with Crippen molar-refractivity contribution in [1.29, 1.82) is 0 Å². The molecule has 0 atom stereocenters. The minimum Gasteiger partial charge on any atom is -0.327 e. The number of aromatic nitrogens is 2. The molecule has 1 rings (SSSR count). The number of H-pyrrole nitrogens is 1. The van der Waals surface area contributed by atoms with Crippen LogP contribution in [0.1, 0.15) is 12.1 Å². The van der Waals surface area contributed by atoms with Crippen molar-refractivity contribution in [1.82, 2.24) is 9.97 Å². The van der Waals surface area contributed by atoms with Gasteiger partial charge in [-0.05, 0) is 30.5 Å². The monoisotopic (exact) mass is 286 g/mol. The number of hydrogen-bond donors (Lipinski definition) is 2. The Bertz CT molecular complexity index is 402. The third kappa shape index (κ3) is 4.34. The summed E-state index contributed by atoms with van der Waals surface area (Å²) < 4.78 is 37.1. The summed E-state index contributed by atoms with van der Waals surface area (Å²) in [5, 5.41) is 0.290. The van der Waals surface area contributed by atoms with Crippen LogP contribution in [0.15, 0.2) is 11.1 Å². The Labute approximate surface area is 105 Å². The van der Waals surface area contributed by atoms with Crippen LogP contribution in [0.25, 0.3) is 0 Å². The van der Waals surface area contributed by atoms with Gasteiger partial charge in [0.2, 0.25) is 0 Å². The number of thiol groups is 1. The van der Waals surface area contributed by atoms with E-state index in [1.165, 1.54) is 11.8 Å². The normalized spacial score (nSPS) is 11.8. The van der Waals surface area contributed by atoms with Crippen molar-refractivity contribution in [2.75, 3.05) is 11.5 Å². The van der Waals surface area contributed by atoms with Crippen molar-refractivity contribution in [3.8, 4) is 0 Å². The molecule has 0 fully saturated rings. The standard InChI is InChI=1S/C8H9F3N2S3/c9-8(10,11)5-4-6(13-7(15)12-5)16-3-1-2-14/h4,14H,1-3H2,(H,12,13,15). The zero-order chi connectivity index (χ0) is 12.2. The molecule has 0 bridgehead atoms. The average molecular weight is 286 g/mol. The lowest BCUT2D eigenvalue weighted by molar-refractivity contribution is -0.141. The summed E-state index contributed by atoms with van der Waals surface area (Å²) in [5.41, 5.74) is -0.860. The van der Waals surface area contributed by atoms with Gasteiger partial charge in [-0.25, -0.2) is 4.98 Å². The molecule has 0 aliphatic rings. The van der Waals surface area contributed by atoms with Gasteiger partial charge >= 0.3 is 6.18 Å². The minimum absolute atomic E-state index is 0.150. The summed E-state index contributed by atoms with van der Waals surface area (Å²) in [6, 6.07) is 0.971. The predicted octanol–water partition coefficient (Wildman–Crippen LogP) is 3.57. The molecule has 16 heavy (non-hydrogen) atoms. The van der Waals surface area contributed by atoms with Crippen molar-refractivity contribution in [2.24, 2.45) is 0 Å². The van der Waals surface area contributed by atoms with Gasteiger partial charge in [0.05, 0.1) is 0 Å². The number of nitrogens with one attached hydrogen (secondary N) is 1. The Kier molecular flexibility index (Phi) is 5.13. The fourth-order valence-corrected chi connectivity index (χ4v) is 2.40. The van der Waals surface area contributed by atoms with Crippen LogP contribution in [0, 0.1) is 4.77 Å². The van der Waals surface area contributed by atoms with Gasteiger partial charge in [-0.1, -0.05) is 0 Å². The number of thioether (sulfide) groups is 1. The van der Waals surface area contributed by atoms with Crippen LogP contribution in [0.2, 0.25) is 0 Å². The number of hydrogen-bond acceptors (Lipinski definition) is 4. The van der Waals surface area contributed by atoms with Gasteiger partial charge in [-0.2, -0.15) is 25.8 Å². The van der Waals surface area contributed by atoms with E-state index in [0.29, 0.717) is 11.5 Å². The first-order chi connectivity index (χ1) is 7.43. The van der Waals surface area contributed by atoms with Gasteiger partial charge in [0.25, 0.3) is 0 Å². The Morgan fingerprint density at radius 1 is 1.50 bits per heavy atom. The predicted molar refractivity (Wildman–Crippen MR) is 63.6 cm³/mol. The number of rotatable bonds is 4. The highest BCUT2D eigenvalue weighted by Crippen LogP contribution is 2.29. The molecular weight excluding hydrogens is 277 g/mol. The molecule has 0 saturated heterocycles. The molecule has 0 aromatic carbocycles. The van der Waals surface area contributed by atoms with Crippen LogP contribution in [-0.2, 0) is 6.18 Å². The van der Waals surface area contributed by atoms with E-state index in [2.05, 4.69) is 29.8 Å². The Morgan fingerprint density at radius 3 is 2.75 bits per heavy atom. The van der Waals surface area contributed by atoms with Crippen molar-refractivity contribution in [2.45, 2.75) is 17.6 Å². The van der Waals surface area contributed by atoms with Crippen molar-refractivity contribution in [3.63, 3.8) is 0 Å². The maximum atomic E-state index is 12.4. The largest absolute Gasteiger partial charge is 0.431 e. The summed E-state index contributed by atoms with van der Waals surface area (Å²) in [7, 11) is 0. The van der Waals surface area contributed by atoms with E-state index in [0.717, 1.165) is 12.5 Å². The highest BCUT2D eigenvalue weighted by atomic mass is 32.2. The van der Waals surface area contributed by atoms with E-state index in [1.54, 1.807) is 0 Å². The van der Waals surface area contributed by atoms with Gasteiger partial charge in [-0.3, -0.25) is 0 Å². The zero-order valence-electron chi connectivity index (χ0n) is 8.04. The quantitative estimate of drug-likeness (QED) is 0.291. The molecule has 90 valence electrons. The van der Waals surface area contributed by atoms with E-state index < -0.39 is 11.9 Å². The van der Waals surface area contributed by atoms with E-state index in [1.807, 2.05) is 4.98 Å². The van der Waals surface area contributed by atoms with Gasteiger partial charge in [0.15, 0.2) is 4.77 Å². The summed E-state index contributed by atoms with van der Waals surface area (Å²) in [4.78, 5) is 5.84. The molecule has 0 radical (unpaired) electrons. The van der Waals surface area contributed by atoms with Gasteiger partial charge in [0.1, 0.15) is 10.7 Å². The van der Waals surface area contributed by atoms with E-state index in [-0.39, 0.29) is 9.80 Å².